The summed E-state index contributed by atoms with van der Waals surface area (Å²) in [7, 11) is -3.79. The lowest BCUT2D eigenvalue weighted by Crippen LogP contribution is -2.38. The monoisotopic (exact) mass is 329 g/mol. The Kier molecular flexibility index (Phi) is 3.73. The van der Waals surface area contributed by atoms with Crippen LogP contribution in [0.3, 0.4) is 0 Å². The Morgan fingerprint density at radius 3 is 2.90 bits per heavy atom. The summed E-state index contributed by atoms with van der Waals surface area (Å²) in [5, 5.41) is 0. The van der Waals surface area contributed by atoms with Gasteiger partial charge in [0, 0.05) is 31.4 Å². The highest BCUT2D eigenvalue weighted by Gasteiger charge is 2.30. The predicted octanol–water partition coefficient (Wildman–Crippen LogP) is 1.97. The molecule has 112 valence electrons. The van der Waals surface area contributed by atoms with Gasteiger partial charge in [-0.05, 0) is 17.7 Å². The Labute approximate surface area is 127 Å². The van der Waals surface area contributed by atoms with Crippen molar-refractivity contribution in [3.63, 3.8) is 0 Å². The molecule has 2 heterocycles. The summed E-state index contributed by atoms with van der Waals surface area (Å²) in [5.41, 5.74) is 0.395. The minimum Gasteiger partial charge on any atom is -0.333 e. The van der Waals surface area contributed by atoms with Gasteiger partial charge >= 0.3 is 0 Å². The van der Waals surface area contributed by atoms with Gasteiger partial charge in [0.2, 0.25) is 10.0 Å². The van der Waals surface area contributed by atoms with Crippen LogP contribution in [0.4, 0.5) is 4.39 Å². The van der Waals surface area contributed by atoms with Gasteiger partial charge in [-0.2, -0.15) is 4.31 Å². The number of benzene rings is 1. The zero-order valence-corrected chi connectivity index (χ0v) is 12.6. The summed E-state index contributed by atoms with van der Waals surface area (Å²) in [6.07, 6.45) is 3.45. The number of imidazole rings is 1. The molecular weight excluding hydrogens is 317 g/mol. The highest BCUT2D eigenvalue weighted by Crippen LogP contribution is 2.25. The van der Waals surface area contributed by atoms with Crippen LogP contribution in [-0.4, -0.2) is 28.8 Å². The highest BCUT2D eigenvalue weighted by atomic mass is 35.5. The van der Waals surface area contributed by atoms with Gasteiger partial charge < -0.3 is 4.57 Å². The molecule has 2 aromatic rings. The maximum atomic E-state index is 13.4. The number of nitrogens with zero attached hydrogens (tertiary/aromatic N) is 3. The molecule has 0 amide bonds. The van der Waals surface area contributed by atoms with Crippen LogP contribution in [0.15, 0.2) is 35.5 Å². The number of fused-ring (bicyclic) bond motifs is 1. The summed E-state index contributed by atoms with van der Waals surface area (Å²) < 4.78 is 42.1. The van der Waals surface area contributed by atoms with Crippen molar-refractivity contribution in [3.8, 4) is 0 Å². The van der Waals surface area contributed by atoms with Crippen molar-refractivity contribution in [2.24, 2.45) is 0 Å². The first-order chi connectivity index (χ1) is 10.0. The molecule has 1 aromatic carbocycles. The highest BCUT2D eigenvalue weighted by molar-refractivity contribution is 7.89. The number of alkyl halides is 1. The Morgan fingerprint density at radius 1 is 1.33 bits per heavy atom. The molecule has 1 aliphatic rings. The Balaban J connectivity index is 2.00. The Morgan fingerprint density at radius 2 is 2.14 bits per heavy atom. The van der Waals surface area contributed by atoms with Crippen LogP contribution in [-0.2, 0) is 29.0 Å². The molecule has 5 nitrogen and oxygen atoms in total. The standard InChI is InChI=1S/C13H13ClFN3O2S/c14-8-10-1-2-11(15)7-12(10)21(19,20)18-6-5-17-4-3-16-13(17)9-18/h1-4,7H,5-6,8-9H2. The number of rotatable bonds is 3. The van der Waals surface area contributed by atoms with Crippen LogP contribution >= 0.6 is 11.6 Å². The fourth-order valence-corrected chi connectivity index (χ4v) is 4.31. The van der Waals surface area contributed by atoms with E-state index in [0.717, 1.165) is 6.07 Å². The van der Waals surface area contributed by atoms with E-state index in [0.29, 0.717) is 24.5 Å². The maximum Gasteiger partial charge on any atom is 0.243 e. The van der Waals surface area contributed by atoms with Gasteiger partial charge in [0.1, 0.15) is 11.6 Å². The van der Waals surface area contributed by atoms with Gasteiger partial charge in [-0.3, -0.25) is 0 Å². The molecule has 0 spiro atoms. The summed E-state index contributed by atoms with van der Waals surface area (Å²) >= 11 is 5.77. The van der Waals surface area contributed by atoms with Crippen molar-refractivity contribution in [3.05, 3.63) is 47.8 Å². The molecule has 0 radical (unpaired) electrons. The molecule has 21 heavy (non-hydrogen) atoms. The lowest BCUT2D eigenvalue weighted by molar-refractivity contribution is 0.335. The number of sulfonamides is 1. The predicted molar refractivity (Wildman–Crippen MR) is 75.8 cm³/mol. The molecule has 8 heteroatoms. The quantitative estimate of drug-likeness (QED) is 0.809. The van der Waals surface area contributed by atoms with Crippen molar-refractivity contribution in [1.29, 1.82) is 0 Å². The van der Waals surface area contributed by atoms with Crippen molar-refractivity contribution in [2.75, 3.05) is 6.54 Å². The van der Waals surface area contributed by atoms with Crippen LogP contribution in [0.25, 0.3) is 0 Å². The average molecular weight is 330 g/mol. The van der Waals surface area contributed by atoms with Gasteiger partial charge in [-0.15, -0.1) is 11.6 Å². The minimum absolute atomic E-state index is 0.0112. The molecule has 0 bridgehead atoms. The van der Waals surface area contributed by atoms with E-state index in [4.69, 9.17) is 11.6 Å². The molecule has 0 unspecified atom stereocenters. The van der Waals surface area contributed by atoms with Crippen molar-refractivity contribution < 1.29 is 12.8 Å². The van der Waals surface area contributed by atoms with Gasteiger partial charge in [-0.25, -0.2) is 17.8 Å². The SMILES string of the molecule is O=S(=O)(c1cc(F)ccc1CCl)N1CCn2ccnc2C1. The summed E-state index contributed by atoms with van der Waals surface area (Å²) in [6, 6.07) is 3.63. The minimum atomic E-state index is -3.79. The summed E-state index contributed by atoms with van der Waals surface area (Å²) in [5.74, 6) is 0.0896. The molecule has 0 fully saturated rings. The molecule has 0 atom stereocenters. The van der Waals surface area contributed by atoms with Crippen LogP contribution in [0, 0.1) is 5.82 Å². The molecule has 0 saturated carbocycles. The molecular formula is C13H13ClFN3O2S. The molecule has 0 saturated heterocycles. The first kappa shape index (κ1) is 14.5. The number of hydrogen-bond donors (Lipinski definition) is 0. The Hall–Kier alpha value is -1.44. The lowest BCUT2D eigenvalue weighted by Gasteiger charge is -2.27. The van der Waals surface area contributed by atoms with Gasteiger partial charge in [-0.1, -0.05) is 6.07 Å². The van der Waals surface area contributed by atoms with Crippen molar-refractivity contribution >= 4 is 21.6 Å². The molecule has 1 aromatic heterocycles. The average Bonchev–Trinajstić information content (AvgIpc) is 2.94. The van der Waals surface area contributed by atoms with Crippen LogP contribution in [0.1, 0.15) is 11.4 Å². The van der Waals surface area contributed by atoms with Crippen molar-refractivity contribution in [2.45, 2.75) is 23.9 Å². The van der Waals surface area contributed by atoms with E-state index in [2.05, 4.69) is 4.98 Å². The van der Waals surface area contributed by atoms with E-state index in [1.165, 1.54) is 16.4 Å². The number of aromatic nitrogens is 2. The van der Waals surface area contributed by atoms with Gasteiger partial charge in [0.05, 0.1) is 11.4 Å². The zero-order valence-electron chi connectivity index (χ0n) is 11.0. The third-order valence-corrected chi connectivity index (χ3v) is 5.72. The third kappa shape index (κ3) is 2.56. The largest absolute Gasteiger partial charge is 0.333 e. The summed E-state index contributed by atoms with van der Waals surface area (Å²) in [4.78, 5) is 4.06. The van der Waals surface area contributed by atoms with Gasteiger partial charge in [0.15, 0.2) is 0 Å². The third-order valence-electron chi connectivity index (χ3n) is 3.50. The van der Waals surface area contributed by atoms with Crippen LogP contribution in [0.2, 0.25) is 0 Å². The van der Waals surface area contributed by atoms with E-state index in [9.17, 15) is 12.8 Å². The summed E-state index contributed by atoms with van der Waals surface area (Å²) in [6.45, 7) is 1.03. The van der Waals surface area contributed by atoms with Gasteiger partial charge in [0.25, 0.3) is 0 Å². The topological polar surface area (TPSA) is 55.2 Å². The van der Waals surface area contributed by atoms with E-state index < -0.39 is 15.8 Å². The Bertz CT molecular complexity index is 775. The van der Waals surface area contributed by atoms with E-state index in [1.54, 1.807) is 6.20 Å². The smallest absolute Gasteiger partial charge is 0.243 e. The number of hydrogen-bond acceptors (Lipinski definition) is 3. The number of halogens is 2. The second kappa shape index (κ2) is 5.40. The van der Waals surface area contributed by atoms with Crippen LogP contribution in [0.5, 0.6) is 0 Å². The second-order valence-corrected chi connectivity index (χ2v) is 6.93. The van der Waals surface area contributed by atoms with E-state index >= 15 is 0 Å². The maximum absolute atomic E-state index is 13.4. The first-order valence-corrected chi connectivity index (χ1v) is 8.34. The first-order valence-electron chi connectivity index (χ1n) is 6.37. The van der Waals surface area contributed by atoms with Crippen LogP contribution < -0.4 is 0 Å². The lowest BCUT2D eigenvalue weighted by atomic mass is 10.2. The second-order valence-electron chi connectivity index (χ2n) is 4.76. The fraction of sp³-hybridized carbons (Fsp3) is 0.308. The molecule has 0 N–H and O–H groups in total. The zero-order chi connectivity index (χ0) is 15.0. The molecule has 3 rings (SSSR count). The fourth-order valence-electron chi connectivity index (χ4n) is 2.37. The molecule has 1 aliphatic heterocycles. The molecule has 0 aliphatic carbocycles. The normalized spacial score (nSPS) is 15.9. The van der Waals surface area contributed by atoms with E-state index in [1.807, 2.05) is 10.8 Å². The van der Waals surface area contributed by atoms with E-state index in [-0.39, 0.29) is 17.3 Å². The van der Waals surface area contributed by atoms with Crippen molar-refractivity contribution in [1.82, 2.24) is 13.9 Å².